The van der Waals surface area contributed by atoms with Gasteiger partial charge >= 0.3 is 0 Å². The number of nitrogens with one attached hydrogen (secondary N) is 2. The van der Waals surface area contributed by atoms with Gasteiger partial charge in [0.25, 0.3) is 0 Å². The van der Waals surface area contributed by atoms with Crippen molar-refractivity contribution in [2.75, 3.05) is 5.43 Å². The van der Waals surface area contributed by atoms with Crippen LogP contribution in [0.5, 0.6) is 0 Å². The minimum absolute atomic E-state index is 0.318. The third-order valence-corrected chi connectivity index (χ3v) is 3.07. The van der Waals surface area contributed by atoms with Crippen LogP contribution in [0.15, 0.2) is 34.8 Å². The average molecular weight is 260 g/mol. The third kappa shape index (κ3) is 1.96. The molecule has 3 heterocycles. The molecule has 3 aromatic heterocycles. The maximum atomic E-state index is 5.33. The standard InChI is InChI=1S/C9H8N8S/c10-16-9-14-7-5(3-13-17-7)8(15-9)18-6-4-11-1-2-12-6/h1-4H,10H2,(H2,13,14,15,16,17). The fourth-order valence-corrected chi connectivity index (χ4v) is 2.20. The van der Waals surface area contributed by atoms with Crippen LogP contribution in [0.2, 0.25) is 0 Å². The lowest BCUT2D eigenvalue weighted by Gasteiger charge is -2.03. The summed E-state index contributed by atoms with van der Waals surface area (Å²) in [7, 11) is 0. The van der Waals surface area contributed by atoms with Crippen LogP contribution in [0.25, 0.3) is 11.0 Å². The van der Waals surface area contributed by atoms with Crippen LogP contribution in [0, 0.1) is 0 Å². The fourth-order valence-electron chi connectivity index (χ4n) is 1.39. The molecular weight excluding hydrogens is 252 g/mol. The number of fused-ring (bicyclic) bond motifs is 1. The van der Waals surface area contributed by atoms with E-state index in [0.717, 1.165) is 10.4 Å². The van der Waals surface area contributed by atoms with Gasteiger partial charge in [-0.05, 0) is 11.8 Å². The largest absolute Gasteiger partial charge is 0.292 e. The molecule has 0 aliphatic carbocycles. The minimum Gasteiger partial charge on any atom is -0.292 e. The van der Waals surface area contributed by atoms with Gasteiger partial charge < -0.3 is 0 Å². The number of anilines is 1. The summed E-state index contributed by atoms with van der Waals surface area (Å²) in [6.45, 7) is 0. The number of hydrogen-bond acceptors (Lipinski definition) is 8. The van der Waals surface area contributed by atoms with Crippen LogP contribution in [0.1, 0.15) is 0 Å². The summed E-state index contributed by atoms with van der Waals surface area (Å²) < 4.78 is 0. The molecule has 90 valence electrons. The van der Waals surface area contributed by atoms with Crippen molar-refractivity contribution in [3.8, 4) is 0 Å². The molecule has 0 spiro atoms. The lowest BCUT2D eigenvalue weighted by molar-refractivity contribution is 1.03. The number of aromatic amines is 1. The number of H-pyrrole nitrogens is 1. The minimum atomic E-state index is 0.318. The molecule has 0 bridgehead atoms. The van der Waals surface area contributed by atoms with Crippen LogP contribution in [-0.4, -0.2) is 30.1 Å². The van der Waals surface area contributed by atoms with E-state index in [1.165, 1.54) is 11.8 Å². The highest BCUT2D eigenvalue weighted by Gasteiger charge is 2.11. The maximum absolute atomic E-state index is 5.33. The molecule has 0 radical (unpaired) electrons. The molecule has 18 heavy (non-hydrogen) atoms. The summed E-state index contributed by atoms with van der Waals surface area (Å²) in [5.74, 6) is 5.64. The smallest absolute Gasteiger partial charge is 0.240 e. The van der Waals surface area contributed by atoms with Crippen molar-refractivity contribution in [1.29, 1.82) is 0 Å². The molecule has 3 aromatic rings. The van der Waals surface area contributed by atoms with E-state index >= 15 is 0 Å². The maximum Gasteiger partial charge on any atom is 0.240 e. The van der Waals surface area contributed by atoms with Crippen molar-refractivity contribution < 1.29 is 0 Å². The first-order chi connectivity index (χ1) is 8.86. The van der Waals surface area contributed by atoms with Gasteiger partial charge in [-0.3, -0.25) is 15.5 Å². The quantitative estimate of drug-likeness (QED) is 0.355. The zero-order valence-electron chi connectivity index (χ0n) is 9.03. The van der Waals surface area contributed by atoms with Crippen LogP contribution >= 0.6 is 11.8 Å². The van der Waals surface area contributed by atoms with E-state index in [1.807, 2.05) is 0 Å². The summed E-state index contributed by atoms with van der Waals surface area (Å²) >= 11 is 1.37. The molecule has 0 unspecified atom stereocenters. The molecule has 0 fully saturated rings. The molecule has 0 saturated heterocycles. The highest BCUT2D eigenvalue weighted by atomic mass is 32.2. The Morgan fingerprint density at radius 2 is 2.17 bits per heavy atom. The highest BCUT2D eigenvalue weighted by molar-refractivity contribution is 7.99. The van der Waals surface area contributed by atoms with Crippen molar-refractivity contribution in [1.82, 2.24) is 30.1 Å². The predicted octanol–water partition coefficient (Wildman–Crippen LogP) is 0.580. The van der Waals surface area contributed by atoms with E-state index in [2.05, 4.69) is 35.6 Å². The zero-order chi connectivity index (χ0) is 12.4. The van der Waals surface area contributed by atoms with Crippen LogP contribution in [0.4, 0.5) is 5.95 Å². The monoisotopic (exact) mass is 260 g/mol. The lowest BCUT2D eigenvalue weighted by Crippen LogP contribution is -2.10. The van der Waals surface area contributed by atoms with Gasteiger partial charge in [-0.1, -0.05) is 0 Å². The predicted molar refractivity (Wildman–Crippen MR) is 65.6 cm³/mol. The van der Waals surface area contributed by atoms with Crippen LogP contribution < -0.4 is 11.3 Å². The molecule has 0 aromatic carbocycles. The number of hydrogen-bond donors (Lipinski definition) is 3. The first kappa shape index (κ1) is 10.9. The van der Waals surface area contributed by atoms with Gasteiger partial charge in [-0.25, -0.2) is 15.8 Å². The number of nitrogens with zero attached hydrogens (tertiary/aromatic N) is 5. The van der Waals surface area contributed by atoms with Crippen LogP contribution in [-0.2, 0) is 0 Å². The van der Waals surface area contributed by atoms with E-state index in [-0.39, 0.29) is 0 Å². The molecule has 0 amide bonds. The number of nitrogen functional groups attached to an aromatic ring is 1. The molecule has 9 heteroatoms. The Kier molecular flexibility index (Phi) is 2.74. The van der Waals surface area contributed by atoms with Crippen molar-refractivity contribution in [3.05, 3.63) is 24.8 Å². The van der Waals surface area contributed by atoms with Crippen LogP contribution in [0.3, 0.4) is 0 Å². The molecule has 4 N–H and O–H groups in total. The van der Waals surface area contributed by atoms with Crippen molar-refractivity contribution in [2.45, 2.75) is 10.1 Å². The van der Waals surface area contributed by atoms with Crippen molar-refractivity contribution in [2.24, 2.45) is 5.84 Å². The van der Waals surface area contributed by atoms with Gasteiger partial charge in [-0.15, -0.1) is 0 Å². The fraction of sp³-hybridized carbons (Fsp3) is 0. The number of rotatable bonds is 3. The molecule has 0 aliphatic heterocycles. The number of nitrogens with two attached hydrogens (primary N) is 1. The second-order valence-electron chi connectivity index (χ2n) is 3.27. The molecular formula is C9H8N8S. The Labute approximate surface area is 105 Å². The Bertz CT molecular complexity index is 667. The van der Waals surface area contributed by atoms with E-state index in [4.69, 9.17) is 5.84 Å². The highest BCUT2D eigenvalue weighted by Crippen LogP contribution is 2.29. The number of aromatic nitrogens is 6. The first-order valence-electron chi connectivity index (χ1n) is 4.98. The Hall–Kier alpha value is -2.26. The third-order valence-electron chi connectivity index (χ3n) is 2.14. The lowest BCUT2D eigenvalue weighted by atomic mass is 10.4. The molecule has 0 atom stereocenters. The number of hydrazine groups is 1. The molecule has 0 aliphatic rings. The first-order valence-corrected chi connectivity index (χ1v) is 5.80. The van der Waals surface area contributed by atoms with E-state index < -0.39 is 0 Å². The molecule has 8 nitrogen and oxygen atoms in total. The van der Waals surface area contributed by atoms with Gasteiger partial charge in [-0.2, -0.15) is 10.1 Å². The second kappa shape index (κ2) is 4.55. The van der Waals surface area contributed by atoms with Crippen molar-refractivity contribution in [3.63, 3.8) is 0 Å². The second-order valence-corrected chi connectivity index (χ2v) is 4.28. The Morgan fingerprint density at radius 1 is 1.22 bits per heavy atom. The normalized spacial score (nSPS) is 10.7. The summed E-state index contributed by atoms with van der Waals surface area (Å²) in [6.07, 6.45) is 6.56. The Morgan fingerprint density at radius 3 is 2.94 bits per heavy atom. The van der Waals surface area contributed by atoms with E-state index in [9.17, 15) is 0 Å². The summed E-state index contributed by atoms with van der Waals surface area (Å²) in [5, 5.41) is 8.97. The topological polar surface area (TPSA) is 118 Å². The van der Waals surface area contributed by atoms with Gasteiger partial charge in [0, 0.05) is 12.4 Å². The van der Waals surface area contributed by atoms with Gasteiger partial charge in [0.1, 0.15) is 10.1 Å². The van der Waals surface area contributed by atoms with Gasteiger partial charge in [0.2, 0.25) is 5.95 Å². The van der Waals surface area contributed by atoms with Crippen molar-refractivity contribution >= 4 is 28.7 Å². The molecule has 3 rings (SSSR count). The van der Waals surface area contributed by atoms with Gasteiger partial charge in [0.15, 0.2) is 5.65 Å². The summed E-state index contributed by atoms with van der Waals surface area (Å²) in [6, 6.07) is 0. The average Bonchev–Trinajstić information content (AvgIpc) is 2.88. The Balaban J connectivity index is 2.07. The summed E-state index contributed by atoms with van der Waals surface area (Å²) in [5.41, 5.74) is 3.03. The summed E-state index contributed by atoms with van der Waals surface area (Å²) in [4.78, 5) is 16.6. The SMILES string of the molecule is NNc1nc(Sc2cnccn2)c2cn[nH]c2n1. The van der Waals surface area contributed by atoms with E-state index in [1.54, 1.807) is 24.8 Å². The van der Waals surface area contributed by atoms with E-state index in [0.29, 0.717) is 16.6 Å². The molecule has 0 saturated carbocycles. The zero-order valence-corrected chi connectivity index (χ0v) is 9.85. The van der Waals surface area contributed by atoms with Gasteiger partial charge in [0.05, 0.1) is 17.8 Å².